The summed E-state index contributed by atoms with van der Waals surface area (Å²) in [7, 11) is 1.39. The Kier molecular flexibility index (Phi) is 6.99. The first kappa shape index (κ1) is 22.5. The van der Waals surface area contributed by atoms with Gasteiger partial charge in [0.15, 0.2) is 22.5 Å². The van der Waals surface area contributed by atoms with Crippen LogP contribution in [0.3, 0.4) is 0 Å². The van der Waals surface area contributed by atoms with Gasteiger partial charge in [-0.3, -0.25) is 9.36 Å². The van der Waals surface area contributed by atoms with Gasteiger partial charge in [0.05, 0.1) is 18.4 Å². The molecule has 4 rings (SSSR count). The number of rotatable bonds is 8. The molecule has 0 fully saturated rings. The van der Waals surface area contributed by atoms with Crippen molar-refractivity contribution in [2.75, 3.05) is 12.9 Å². The summed E-state index contributed by atoms with van der Waals surface area (Å²) in [5.74, 6) is -0.618. The van der Waals surface area contributed by atoms with E-state index in [1.54, 1.807) is 28.8 Å². The maximum atomic E-state index is 14.4. The Balaban J connectivity index is 1.49. The van der Waals surface area contributed by atoms with Crippen molar-refractivity contribution in [3.8, 4) is 22.8 Å². The van der Waals surface area contributed by atoms with Crippen LogP contribution in [-0.4, -0.2) is 33.5 Å². The highest BCUT2D eigenvalue weighted by atomic mass is 32.2. The Labute approximate surface area is 193 Å². The molecule has 1 heterocycles. The summed E-state index contributed by atoms with van der Waals surface area (Å²) < 4.78 is 34.9. The van der Waals surface area contributed by atoms with E-state index in [9.17, 15) is 13.6 Å². The minimum Gasteiger partial charge on any atom is -0.494 e. The number of nitrogens with one attached hydrogen (secondary N) is 1. The van der Waals surface area contributed by atoms with Gasteiger partial charge in [0, 0.05) is 12.2 Å². The molecule has 0 spiro atoms. The molecule has 1 aromatic heterocycles. The highest BCUT2D eigenvalue weighted by Crippen LogP contribution is 2.29. The van der Waals surface area contributed by atoms with E-state index >= 15 is 0 Å². The largest absolute Gasteiger partial charge is 0.494 e. The topological polar surface area (TPSA) is 69.0 Å². The van der Waals surface area contributed by atoms with Crippen LogP contribution in [0.15, 0.2) is 78.0 Å². The van der Waals surface area contributed by atoms with Gasteiger partial charge in [-0.05, 0) is 42.0 Å². The first-order chi connectivity index (χ1) is 16.1. The van der Waals surface area contributed by atoms with Gasteiger partial charge in [-0.2, -0.15) is 0 Å². The van der Waals surface area contributed by atoms with Crippen LogP contribution >= 0.6 is 11.8 Å². The second-order valence-corrected chi connectivity index (χ2v) is 7.93. The smallest absolute Gasteiger partial charge is 0.230 e. The highest BCUT2D eigenvalue weighted by Gasteiger charge is 2.19. The SMILES string of the molecule is COc1ccc(CNC(=O)CSc2nnc(-c3ccccc3F)n2-c2ccccc2)cc1F. The molecule has 1 amide bonds. The molecule has 0 unspecified atom stereocenters. The monoisotopic (exact) mass is 466 g/mol. The molecule has 1 N–H and O–H groups in total. The van der Waals surface area contributed by atoms with Crippen molar-refractivity contribution >= 4 is 17.7 Å². The van der Waals surface area contributed by atoms with Crippen LogP contribution in [0.5, 0.6) is 5.75 Å². The Morgan fingerprint density at radius 3 is 2.48 bits per heavy atom. The quantitative estimate of drug-likeness (QED) is 0.384. The molecule has 9 heteroatoms. The summed E-state index contributed by atoms with van der Waals surface area (Å²) in [5, 5.41) is 11.6. The van der Waals surface area contributed by atoms with E-state index in [0.717, 1.165) is 5.69 Å². The summed E-state index contributed by atoms with van der Waals surface area (Å²) in [5.41, 5.74) is 1.67. The van der Waals surface area contributed by atoms with E-state index in [0.29, 0.717) is 22.1 Å². The molecule has 6 nitrogen and oxygen atoms in total. The first-order valence-corrected chi connectivity index (χ1v) is 11.0. The van der Waals surface area contributed by atoms with Crippen LogP contribution in [0.4, 0.5) is 8.78 Å². The van der Waals surface area contributed by atoms with Gasteiger partial charge < -0.3 is 10.1 Å². The third kappa shape index (κ3) is 5.20. The summed E-state index contributed by atoms with van der Waals surface area (Å²) in [6.45, 7) is 0.173. The number of hydrogen-bond acceptors (Lipinski definition) is 5. The molecule has 33 heavy (non-hydrogen) atoms. The van der Waals surface area contributed by atoms with Crippen LogP contribution in [0.25, 0.3) is 17.1 Å². The molecule has 168 valence electrons. The van der Waals surface area contributed by atoms with Gasteiger partial charge in [0.25, 0.3) is 0 Å². The zero-order valence-electron chi connectivity index (χ0n) is 17.7. The number of thioether (sulfide) groups is 1. The number of carbonyl (C=O) groups excluding carboxylic acids is 1. The van der Waals surface area contributed by atoms with Gasteiger partial charge in [-0.25, -0.2) is 8.78 Å². The van der Waals surface area contributed by atoms with Gasteiger partial charge in [0.1, 0.15) is 5.82 Å². The number of carbonyl (C=O) groups is 1. The van der Waals surface area contributed by atoms with Crippen molar-refractivity contribution < 1.29 is 18.3 Å². The minimum atomic E-state index is -0.490. The summed E-state index contributed by atoms with van der Waals surface area (Å²) in [4.78, 5) is 12.4. The second-order valence-electron chi connectivity index (χ2n) is 6.99. The number of methoxy groups -OCH3 is 1. The first-order valence-electron chi connectivity index (χ1n) is 10.0. The van der Waals surface area contributed by atoms with Gasteiger partial charge in [-0.15, -0.1) is 10.2 Å². The number of benzene rings is 3. The zero-order valence-corrected chi connectivity index (χ0v) is 18.5. The average Bonchev–Trinajstić information content (AvgIpc) is 3.26. The fourth-order valence-electron chi connectivity index (χ4n) is 3.19. The van der Waals surface area contributed by atoms with E-state index in [2.05, 4.69) is 15.5 Å². The summed E-state index contributed by atoms with van der Waals surface area (Å²) in [6.07, 6.45) is 0. The second kappa shape index (κ2) is 10.3. The number of halogens is 2. The molecule has 0 radical (unpaired) electrons. The maximum Gasteiger partial charge on any atom is 0.230 e. The van der Waals surface area contributed by atoms with E-state index in [1.807, 2.05) is 30.3 Å². The average molecular weight is 467 g/mol. The van der Waals surface area contributed by atoms with E-state index in [4.69, 9.17) is 4.74 Å². The van der Waals surface area contributed by atoms with Crippen molar-refractivity contribution in [2.24, 2.45) is 0 Å². The van der Waals surface area contributed by atoms with Crippen LogP contribution < -0.4 is 10.1 Å². The lowest BCUT2D eigenvalue weighted by atomic mass is 10.2. The van der Waals surface area contributed by atoms with Crippen molar-refractivity contribution in [1.29, 1.82) is 0 Å². The minimum absolute atomic E-state index is 0.0564. The zero-order chi connectivity index (χ0) is 23.2. The van der Waals surface area contributed by atoms with Crippen molar-refractivity contribution in [3.63, 3.8) is 0 Å². The lowest BCUT2D eigenvalue weighted by Gasteiger charge is -2.11. The van der Waals surface area contributed by atoms with E-state index in [-0.39, 0.29) is 24.0 Å². The Bertz CT molecular complexity index is 1260. The summed E-state index contributed by atoms with van der Waals surface area (Å²) >= 11 is 1.18. The number of hydrogen-bond donors (Lipinski definition) is 1. The Hall–Kier alpha value is -3.72. The van der Waals surface area contributed by atoms with Crippen molar-refractivity contribution in [1.82, 2.24) is 20.1 Å². The van der Waals surface area contributed by atoms with Gasteiger partial charge in [-0.1, -0.05) is 48.2 Å². The Morgan fingerprint density at radius 2 is 1.76 bits per heavy atom. The third-order valence-corrected chi connectivity index (χ3v) is 5.73. The van der Waals surface area contributed by atoms with Crippen LogP contribution in [0.2, 0.25) is 0 Å². The molecule has 0 aliphatic rings. The van der Waals surface area contributed by atoms with Crippen molar-refractivity contribution in [2.45, 2.75) is 11.7 Å². The predicted octanol–water partition coefficient (Wildman–Crippen LogP) is 4.63. The fraction of sp³-hybridized carbons (Fsp3) is 0.125. The van der Waals surface area contributed by atoms with Crippen molar-refractivity contribution in [3.05, 3.63) is 90.0 Å². The summed E-state index contributed by atoms with van der Waals surface area (Å²) in [6, 6.07) is 20.1. The molecule has 0 aliphatic carbocycles. The van der Waals surface area contributed by atoms with Crippen LogP contribution in [0.1, 0.15) is 5.56 Å². The molecule has 0 aliphatic heterocycles. The Morgan fingerprint density at radius 1 is 1.00 bits per heavy atom. The number of aromatic nitrogens is 3. The number of ether oxygens (including phenoxy) is 1. The molecule has 0 bridgehead atoms. The normalized spacial score (nSPS) is 10.8. The molecule has 3 aromatic carbocycles. The number of nitrogens with zero attached hydrogens (tertiary/aromatic N) is 3. The van der Waals surface area contributed by atoms with E-state index in [1.165, 1.54) is 37.1 Å². The fourth-order valence-corrected chi connectivity index (χ4v) is 3.97. The maximum absolute atomic E-state index is 14.4. The highest BCUT2D eigenvalue weighted by molar-refractivity contribution is 7.99. The lowest BCUT2D eigenvalue weighted by molar-refractivity contribution is -0.118. The standard InChI is InChI=1S/C24H20F2N4O2S/c1-32-21-12-11-16(13-20(21)26)14-27-22(31)15-33-24-29-28-23(18-9-5-6-10-19(18)25)30(24)17-7-3-2-4-8-17/h2-13H,14-15H2,1H3,(H,27,31). The number of amides is 1. The molecule has 0 atom stereocenters. The molecule has 0 saturated heterocycles. The molecule has 0 saturated carbocycles. The number of para-hydroxylation sites is 1. The van der Waals surface area contributed by atoms with Gasteiger partial charge in [0.2, 0.25) is 5.91 Å². The predicted molar refractivity (Wildman–Crippen MR) is 122 cm³/mol. The van der Waals surface area contributed by atoms with Crippen LogP contribution in [0, 0.1) is 11.6 Å². The van der Waals surface area contributed by atoms with Gasteiger partial charge >= 0.3 is 0 Å². The molecule has 4 aromatic rings. The lowest BCUT2D eigenvalue weighted by Crippen LogP contribution is -2.24. The third-order valence-electron chi connectivity index (χ3n) is 4.80. The van der Waals surface area contributed by atoms with Crippen LogP contribution in [-0.2, 0) is 11.3 Å². The molecular weight excluding hydrogens is 446 g/mol. The van der Waals surface area contributed by atoms with E-state index < -0.39 is 11.6 Å². The molecular formula is C24H20F2N4O2S.